The first-order valence-electron chi connectivity index (χ1n) is 12.4. The number of aromatic nitrogens is 1. The van der Waals surface area contributed by atoms with Crippen LogP contribution in [-0.4, -0.2) is 101 Å². The summed E-state index contributed by atoms with van der Waals surface area (Å²) in [6, 6.07) is 0.315. The first-order valence-corrected chi connectivity index (χ1v) is 12.4. The van der Waals surface area contributed by atoms with E-state index in [1.54, 1.807) is 14.0 Å². The highest BCUT2D eigenvalue weighted by molar-refractivity contribution is 5.98. The topological polar surface area (TPSA) is 150 Å². The molecule has 0 aromatic carbocycles. The summed E-state index contributed by atoms with van der Waals surface area (Å²) in [5, 5.41) is 2.58. The van der Waals surface area contributed by atoms with Crippen LogP contribution in [0.4, 0.5) is 0 Å². The number of nitrogens with zero attached hydrogens (tertiary/aromatic N) is 1. The van der Waals surface area contributed by atoms with Crippen LogP contribution in [0.2, 0.25) is 0 Å². The molecule has 0 saturated carbocycles. The molecule has 1 aromatic heterocycles. The van der Waals surface area contributed by atoms with Crippen LogP contribution in [0.15, 0.2) is 12.3 Å². The van der Waals surface area contributed by atoms with E-state index in [2.05, 4.69) is 17.2 Å². The van der Waals surface area contributed by atoms with Gasteiger partial charge in [0.05, 0.1) is 33.5 Å². The van der Waals surface area contributed by atoms with Crippen molar-refractivity contribution in [2.24, 2.45) is 0 Å². The second kappa shape index (κ2) is 16.8. The molecule has 214 valence electrons. The fourth-order valence-electron chi connectivity index (χ4n) is 3.52. The first kappa shape index (κ1) is 31.2. The van der Waals surface area contributed by atoms with Crippen molar-refractivity contribution < 1.29 is 52.3 Å². The molecule has 1 aromatic rings. The molecule has 1 amide bonds. The Kier molecular flexibility index (Phi) is 13.8. The number of rotatable bonds is 14. The summed E-state index contributed by atoms with van der Waals surface area (Å²) in [5.74, 6) is -1.91. The van der Waals surface area contributed by atoms with Gasteiger partial charge in [-0.2, -0.15) is 0 Å². The van der Waals surface area contributed by atoms with Gasteiger partial charge < -0.3 is 43.2 Å². The highest BCUT2D eigenvalue weighted by Gasteiger charge is 2.36. The minimum absolute atomic E-state index is 0.0598. The molecule has 1 N–H and O–H groups in total. The SMILES string of the molecule is CCCCO[C@H]1COC[C@H](NC(=O)c2nccc(OC)c2OCOC(C)=O)C(=O)O[C@@H](C)[C@@H]1OCCOC. The second-order valence-corrected chi connectivity index (χ2v) is 8.39. The average Bonchev–Trinajstić information content (AvgIpc) is 2.93. The molecule has 0 radical (unpaired) electrons. The van der Waals surface area contributed by atoms with Crippen LogP contribution in [0.5, 0.6) is 11.5 Å². The van der Waals surface area contributed by atoms with Crippen LogP contribution < -0.4 is 14.8 Å². The Morgan fingerprint density at radius 2 is 1.95 bits per heavy atom. The van der Waals surface area contributed by atoms with Crippen molar-refractivity contribution in [3.05, 3.63) is 18.0 Å². The van der Waals surface area contributed by atoms with E-state index in [-0.39, 0.29) is 37.0 Å². The van der Waals surface area contributed by atoms with Crippen LogP contribution in [-0.2, 0) is 38.0 Å². The number of unbranched alkanes of at least 4 members (excludes halogenated alkanes) is 1. The number of hydrogen-bond acceptors (Lipinski definition) is 12. The minimum Gasteiger partial charge on any atom is -0.493 e. The van der Waals surface area contributed by atoms with Gasteiger partial charge in [-0.25, -0.2) is 9.78 Å². The van der Waals surface area contributed by atoms with E-state index >= 15 is 0 Å². The van der Waals surface area contributed by atoms with Gasteiger partial charge in [0.2, 0.25) is 6.79 Å². The zero-order valence-electron chi connectivity index (χ0n) is 22.6. The Bertz CT molecular complexity index is 898. The lowest BCUT2D eigenvalue weighted by molar-refractivity contribution is -0.169. The molecule has 0 bridgehead atoms. The number of amides is 1. The van der Waals surface area contributed by atoms with E-state index in [9.17, 15) is 14.4 Å². The number of carbonyl (C=O) groups excluding carboxylic acids is 3. The summed E-state index contributed by atoms with van der Waals surface area (Å²) in [5.41, 5.74) is -0.182. The maximum absolute atomic E-state index is 13.1. The van der Waals surface area contributed by atoms with Gasteiger partial charge in [-0.3, -0.25) is 9.59 Å². The Labute approximate surface area is 222 Å². The van der Waals surface area contributed by atoms with Crippen LogP contribution in [0.25, 0.3) is 0 Å². The van der Waals surface area contributed by atoms with Crippen LogP contribution >= 0.6 is 0 Å². The van der Waals surface area contributed by atoms with Crippen molar-refractivity contribution in [2.45, 2.75) is 58.0 Å². The molecule has 0 unspecified atom stereocenters. The Hall–Kier alpha value is -3.00. The van der Waals surface area contributed by atoms with Gasteiger partial charge in [0.25, 0.3) is 5.91 Å². The van der Waals surface area contributed by atoms with Gasteiger partial charge in [-0.15, -0.1) is 0 Å². The third kappa shape index (κ3) is 9.71. The summed E-state index contributed by atoms with van der Waals surface area (Å²) >= 11 is 0. The lowest BCUT2D eigenvalue weighted by Crippen LogP contribution is -2.47. The average molecular weight is 543 g/mol. The maximum atomic E-state index is 13.1. The summed E-state index contributed by atoms with van der Waals surface area (Å²) < 4.78 is 43.9. The zero-order valence-corrected chi connectivity index (χ0v) is 22.6. The van der Waals surface area contributed by atoms with Crippen LogP contribution in [0, 0.1) is 0 Å². The van der Waals surface area contributed by atoms with Gasteiger partial charge in [-0.1, -0.05) is 13.3 Å². The Morgan fingerprint density at radius 3 is 2.63 bits per heavy atom. The van der Waals surface area contributed by atoms with Gasteiger partial charge in [0.1, 0.15) is 18.3 Å². The van der Waals surface area contributed by atoms with Gasteiger partial charge in [0.15, 0.2) is 23.2 Å². The predicted molar refractivity (Wildman–Crippen MR) is 132 cm³/mol. The summed E-state index contributed by atoms with van der Waals surface area (Å²) in [6.45, 7) is 5.56. The molecule has 1 aliphatic heterocycles. The third-order valence-corrected chi connectivity index (χ3v) is 5.48. The molecule has 38 heavy (non-hydrogen) atoms. The molecule has 2 heterocycles. The van der Waals surface area contributed by atoms with Crippen LogP contribution in [0.1, 0.15) is 44.1 Å². The lowest BCUT2D eigenvalue weighted by atomic mass is 10.1. The molecule has 4 atom stereocenters. The highest BCUT2D eigenvalue weighted by atomic mass is 16.7. The van der Waals surface area contributed by atoms with E-state index in [1.165, 1.54) is 26.3 Å². The van der Waals surface area contributed by atoms with E-state index in [4.69, 9.17) is 37.9 Å². The first-order chi connectivity index (χ1) is 18.3. The standard InChI is InChI=1S/C25H38N2O11/c1-6-7-10-34-20-14-33-13-18(25(30)38-16(2)22(20)35-12-11-31-4)27-24(29)21-23(37-15-36-17(3)28)19(32-5)8-9-26-21/h8-9,16,18,20,22H,6-7,10-15H2,1-5H3,(H,27,29)/t16-,18-,20-,22-/m0/s1. The predicted octanol–water partition coefficient (Wildman–Crippen LogP) is 1.27. The highest BCUT2D eigenvalue weighted by Crippen LogP contribution is 2.29. The van der Waals surface area contributed by atoms with E-state index in [0.717, 1.165) is 12.8 Å². The number of ether oxygens (including phenoxy) is 8. The monoisotopic (exact) mass is 542 g/mol. The fraction of sp³-hybridized carbons (Fsp3) is 0.680. The van der Waals surface area contributed by atoms with Crippen molar-refractivity contribution in [3.8, 4) is 11.5 Å². The normalized spacial score (nSPS) is 21.9. The molecule has 13 nitrogen and oxygen atoms in total. The minimum atomic E-state index is -1.16. The number of carbonyl (C=O) groups is 3. The number of pyridine rings is 1. The van der Waals surface area contributed by atoms with E-state index in [0.29, 0.717) is 13.2 Å². The fourth-order valence-corrected chi connectivity index (χ4v) is 3.52. The van der Waals surface area contributed by atoms with Gasteiger partial charge in [0, 0.05) is 32.9 Å². The largest absolute Gasteiger partial charge is 0.493 e. The molecule has 0 spiro atoms. The quantitative estimate of drug-likeness (QED) is 0.205. The number of methoxy groups -OCH3 is 2. The molecular weight excluding hydrogens is 504 g/mol. The molecule has 1 fully saturated rings. The lowest BCUT2D eigenvalue weighted by Gasteiger charge is -2.30. The van der Waals surface area contributed by atoms with Crippen molar-refractivity contribution in [3.63, 3.8) is 0 Å². The van der Waals surface area contributed by atoms with E-state index in [1.807, 2.05) is 0 Å². The Balaban J connectivity index is 2.18. The Morgan fingerprint density at radius 1 is 1.16 bits per heavy atom. The summed E-state index contributed by atoms with van der Waals surface area (Å²) in [7, 11) is 2.94. The van der Waals surface area contributed by atoms with Gasteiger partial charge >= 0.3 is 11.9 Å². The smallest absolute Gasteiger partial charge is 0.331 e. The summed E-state index contributed by atoms with van der Waals surface area (Å²) in [6.07, 6.45) is 1.33. The number of nitrogens with one attached hydrogen (secondary N) is 1. The third-order valence-electron chi connectivity index (χ3n) is 5.48. The molecule has 2 rings (SSSR count). The molecular formula is C25H38N2O11. The van der Waals surface area contributed by atoms with E-state index < -0.39 is 49.0 Å². The number of esters is 2. The molecule has 13 heteroatoms. The van der Waals surface area contributed by atoms with Gasteiger partial charge in [-0.05, 0) is 13.3 Å². The second-order valence-electron chi connectivity index (χ2n) is 8.39. The molecule has 1 aliphatic rings. The summed E-state index contributed by atoms with van der Waals surface area (Å²) in [4.78, 5) is 41.3. The zero-order chi connectivity index (χ0) is 27.9. The van der Waals surface area contributed by atoms with Crippen molar-refractivity contribution in [1.82, 2.24) is 10.3 Å². The number of cyclic esters (lactones) is 1. The van der Waals surface area contributed by atoms with Crippen molar-refractivity contribution >= 4 is 17.8 Å². The van der Waals surface area contributed by atoms with Crippen molar-refractivity contribution in [2.75, 3.05) is 54.0 Å². The van der Waals surface area contributed by atoms with Crippen LogP contribution in [0.3, 0.4) is 0 Å². The molecule has 1 saturated heterocycles. The maximum Gasteiger partial charge on any atom is 0.331 e. The number of hydrogen-bond donors (Lipinski definition) is 1. The van der Waals surface area contributed by atoms with Crippen molar-refractivity contribution in [1.29, 1.82) is 0 Å². The molecule has 0 aliphatic carbocycles.